The zero-order valence-corrected chi connectivity index (χ0v) is 20.9. The van der Waals surface area contributed by atoms with Crippen LogP contribution in [0.15, 0.2) is 30.6 Å². The van der Waals surface area contributed by atoms with Gasteiger partial charge in [-0.1, -0.05) is 0 Å². The number of anilines is 2. The lowest BCUT2D eigenvalue weighted by atomic mass is 9.75. The van der Waals surface area contributed by atoms with Crippen molar-refractivity contribution in [2.75, 3.05) is 29.4 Å². The molecule has 2 saturated heterocycles. The minimum Gasteiger partial charge on any atom is -0.474 e. The predicted molar refractivity (Wildman–Crippen MR) is 133 cm³/mol. The number of aromatic nitrogens is 2. The highest BCUT2D eigenvalue weighted by atomic mass is 32.1. The molecule has 0 aromatic carbocycles. The van der Waals surface area contributed by atoms with Gasteiger partial charge in [0.15, 0.2) is 10.8 Å². The SMILES string of the molecule is N#CCN1CCC(Oc2ccc(N3C(=S)N(c4cnc(C#N)c(C(F)(F)F)c4)C(=O)C34CCC4)cn2)CC1. The number of carbonyl (C=O) groups is 1. The summed E-state index contributed by atoms with van der Waals surface area (Å²) in [6.45, 7) is 1.92. The van der Waals surface area contributed by atoms with Gasteiger partial charge in [0.1, 0.15) is 17.7 Å². The number of amides is 1. The predicted octanol–water partition coefficient (Wildman–Crippen LogP) is 3.79. The van der Waals surface area contributed by atoms with Crippen molar-refractivity contribution in [2.45, 2.75) is 49.9 Å². The molecule has 0 N–H and O–H groups in total. The Labute approximate surface area is 222 Å². The smallest absolute Gasteiger partial charge is 0.419 e. The van der Waals surface area contributed by atoms with Crippen LogP contribution >= 0.6 is 12.2 Å². The molecule has 0 atom stereocenters. The summed E-state index contributed by atoms with van der Waals surface area (Å²) in [5, 5.41) is 17.9. The Morgan fingerprint density at radius 3 is 2.39 bits per heavy atom. The molecular weight excluding hydrogens is 519 g/mol. The number of thiocarbonyl (C=S) groups is 1. The summed E-state index contributed by atoms with van der Waals surface area (Å²) in [6, 6.07) is 7.75. The first kappa shape index (κ1) is 25.8. The fraction of sp³-hybridized carbons (Fsp3) is 0.440. The molecule has 2 aromatic rings. The van der Waals surface area contributed by atoms with Gasteiger partial charge >= 0.3 is 6.18 Å². The minimum absolute atomic E-state index is 0.0228. The number of halogens is 3. The molecule has 5 rings (SSSR count). The first-order chi connectivity index (χ1) is 18.2. The van der Waals surface area contributed by atoms with Gasteiger partial charge < -0.3 is 9.64 Å². The molecule has 13 heteroatoms. The third kappa shape index (κ3) is 4.42. The number of carbonyl (C=O) groups excluding carboxylic acids is 1. The van der Waals surface area contributed by atoms with Crippen molar-refractivity contribution in [3.63, 3.8) is 0 Å². The van der Waals surface area contributed by atoms with Gasteiger partial charge in [-0.05, 0) is 56.5 Å². The van der Waals surface area contributed by atoms with Crippen LogP contribution in [-0.2, 0) is 11.0 Å². The van der Waals surface area contributed by atoms with Crippen LogP contribution in [0.4, 0.5) is 24.5 Å². The third-order valence-corrected chi connectivity index (χ3v) is 7.60. The maximum Gasteiger partial charge on any atom is 0.419 e. The zero-order valence-electron chi connectivity index (χ0n) is 20.1. The minimum atomic E-state index is -4.82. The van der Waals surface area contributed by atoms with Gasteiger partial charge in [-0.25, -0.2) is 9.97 Å². The third-order valence-electron chi connectivity index (χ3n) is 7.23. The molecule has 2 aromatic heterocycles. The van der Waals surface area contributed by atoms with E-state index in [1.165, 1.54) is 6.07 Å². The molecule has 4 heterocycles. The van der Waals surface area contributed by atoms with Crippen molar-refractivity contribution in [1.82, 2.24) is 14.9 Å². The number of ether oxygens (including phenoxy) is 1. The Balaban J connectivity index is 1.38. The number of rotatable bonds is 5. The number of likely N-dealkylation sites (tertiary alicyclic amines) is 1. The van der Waals surface area contributed by atoms with E-state index >= 15 is 0 Å². The lowest BCUT2D eigenvalue weighted by Gasteiger charge is -2.42. The van der Waals surface area contributed by atoms with E-state index in [1.807, 2.05) is 0 Å². The molecule has 9 nitrogen and oxygen atoms in total. The molecule has 1 aliphatic carbocycles. The van der Waals surface area contributed by atoms with Crippen molar-refractivity contribution < 1.29 is 22.7 Å². The summed E-state index contributed by atoms with van der Waals surface area (Å²) in [4.78, 5) is 26.4. The number of nitriles is 2. The van der Waals surface area contributed by atoms with E-state index in [4.69, 9.17) is 27.5 Å². The van der Waals surface area contributed by atoms with E-state index in [0.29, 0.717) is 31.0 Å². The molecule has 0 bridgehead atoms. The quantitative estimate of drug-likeness (QED) is 0.412. The standard InChI is InChI=1S/C25H22F3N7O2S/c26-25(27,28)19-12-17(15-31-20(19)13-30)34-22(36)24(6-1-7-24)35(23(34)38)16-2-3-21(32-14-16)37-18-4-9-33(10-5-18)11-8-29/h2-3,12,14-15,18H,1,4-7,9-11H2. The van der Waals surface area contributed by atoms with E-state index < -0.39 is 28.9 Å². The second kappa shape index (κ2) is 9.82. The molecule has 1 amide bonds. The number of hydrogen-bond donors (Lipinski definition) is 0. The Kier molecular flexibility index (Phi) is 6.67. The van der Waals surface area contributed by atoms with E-state index in [1.54, 1.807) is 23.2 Å². The first-order valence-corrected chi connectivity index (χ1v) is 12.5. The fourth-order valence-corrected chi connectivity index (χ4v) is 5.59. The molecule has 196 valence electrons. The Morgan fingerprint density at radius 1 is 1.13 bits per heavy atom. The largest absolute Gasteiger partial charge is 0.474 e. The summed E-state index contributed by atoms with van der Waals surface area (Å²) < 4.78 is 46.7. The van der Waals surface area contributed by atoms with E-state index in [2.05, 4.69) is 20.9 Å². The molecule has 1 spiro atoms. The number of hydrogen-bond acceptors (Lipinski definition) is 8. The Morgan fingerprint density at radius 2 is 1.84 bits per heavy atom. The number of nitrogens with zero attached hydrogens (tertiary/aromatic N) is 7. The molecule has 3 aliphatic rings. The molecule has 0 unspecified atom stereocenters. The van der Waals surface area contributed by atoms with Gasteiger partial charge in [-0.2, -0.15) is 23.7 Å². The van der Waals surface area contributed by atoms with E-state index in [9.17, 15) is 18.0 Å². The Hall–Kier alpha value is -3.81. The van der Waals surface area contributed by atoms with Crippen LogP contribution in [0.2, 0.25) is 0 Å². The monoisotopic (exact) mass is 541 g/mol. The van der Waals surface area contributed by atoms with Gasteiger partial charge in [0.25, 0.3) is 5.91 Å². The highest BCUT2D eigenvalue weighted by Crippen LogP contribution is 2.48. The van der Waals surface area contributed by atoms with Crippen LogP contribution in [0.5, 0.6) is 5.88 Å². The second-order valence-corrected chi connectivity index (χ2v) is 9.81. The highest BCUT2D eigenvalue weighted by Gasteiger charge is 2.60. The Bertz CT molecular complexity index is 1340. The van der Waals surface area contributed by atoms with Gasteiger partial charge in [-0.3, -0.25) is 14.6 Å². The second-order valence-electron chi connectivity index (χ2n) is 9.45. The maximum absolute atomic E-state index is 13.6. The molecular formula is C25H22F3N7O2S. The van der Waals surface area contributed by atoms with Crippen LogP contribution in [0.3, 0.4) is 0 Å². The molecule has 0 radical (unpaired) electrons. The van der Waals surface area contributed by atoms with E-state index in [-0.39, 0.29) is 16.9 Å². The molecule has 38 heavy (non-hydrogen) atoms. The van der Waals surface area contributed by atoms with Gasteiger partial charge in [-0.15, -0.1) is 0 Å². The first-order valence-electron chi connectivity index (χ1n) is 12.1. The zero-order chi connectivity index (χ0) is 27.1. The lowest BCUT2D eigenvalue weighted by molar-refractivity contribution is -0.138. The topological polar surface area (TPSA) is 109 Å². The highest BCUT2D eigenvalue weighted by molar-refractivity contribution is 7.81. The van der Waals surface area contributed by atoms with Crippen molar-refractivity contribution in [3.8, 4) is 18.0 Å². The van der Waals surface area contributed by atoms with Crippen molar-refractivity contribution in [3.05, 3.63) is 41.9 Å². The molecule has 3 fully saturated rings. The lowest BCUT2D eigenvalue weighted by Crippen LogP contribution is -2.55. The summed E-state index contributed by atoms with van der Waals surface area (Å²) in [5.41, 5.74) is -2.63. The number of alkyl halides is 3. The van der Waals surface area contributed by atoms with Crippen molar-refractivity contribution in [1.29, 1.82) is 10.5 Å². The van der Waals surface area contributed by atoms with Crippen LogP contribution < -0.4 is 14.5 Å². The van der Waals surface area contributed by atoms with Crippen LogP contribution in [-0.4, -0.2) is 57.2 Å². The number of piperidine rings is 1. The average molecular weight is 542 g/mol. The van der Waals surface area contributed by atoms with Crippen molar-refractivity contribution >= 4 is 34.6 Å². The summed E-state index contributed by atoms with van der Waals surface area (Å²) >= 11 is 5.62. The normalized spacial score (nSPS) is 19.8. The summed E-state index contributed by atoms with van der Waals surface area (Å²) in [7, 11) is 0. The van der Waals surface area contributed by atoms with Gasteiger partial charge in [0.2, 0.25) is 5.88 Å². The van der Waals surface area contributed by atoms with E-state index in [0.717, 1.165) is 49.5 Å². The van der Waals surface area contributed by atoms with Crippen LogP contribution in [0.25, 0.3) is 0 Å². The fourth-order valence-electron chi connectivity index (χ4n) is 5.12. The summed E-state index contributed by atoms with van der Waals surface area (Å²) in [6.07, 6.45) is 1.02. The van der Waals surface area contributed by atoms with Gasteiger partial charge in [0.05, 0.1) is 41.9 Å². The maximum atomic E-state index is 13.6. The average Bonchev–Trinajstić information content (AvgIpc) is 3.11. The van der Waals surface area contributed by atoms with Crippen LogP contribution in [0.1, 0.15) is 43.4 Å². The summed E-state index contributed by atoms with van der Waals surface area (Å²) in [5.74, 6) is -0.0209. The number of pyridine rings is 2. The molecule has 2 aliphatic heterocycles. The van der Waals surface area contributed by atoms with Gasteiger partial charge in [0, 0.05) is 19.2 Å². The van der Waals surface area contributed by atoms with Crippen LogP contribution in [0, 0.1) is 22.7 Å². The van der Waals surface area contributed by atoms with Crippen molar-refractivity contribution in [2.24, 2.45) is 0 Å². The molecule has 1 saturated carbocycles.